The van der Waals surface area contributed by atoms with E-state index in [4.69, 9.17) is 9.36 Å². The monoisotopic (exact) mass is 754 g/mol. The van der Waals surface area contributed by atoms with Gasteiger partial charge in [0, 0.05) is 29.5 Å². The number of rotatable bonds is 7. The number of aryl methyl sites for hydroxylation is 1. The van der Waals surface area contributed by atoms with Gasteiger partial charge in [-0.1, -0.05) is 83.8 Å². The lowest BCUT2D eigenvalue weighted by molar-refractivity contribution is -0.141. The van der Waals surface area contributed by atoms with Crippen LogP contribution in [0.1, 0.15) is 85.2 Å². The van der Waals surface area contributed by atoms with Crippen molar-refractivity contribution in [2.45, 2.75) is 93.7 Å². The van der Waals surface area contributed by atoms with Crippen molar-refractivity contribution in [3.8, 4) is 11.1 Å². The van der Waals surface area contributed by atoms with Crippen molar-refractivity contribution in [3.05, 3.63) is 89.3 Å². The Kier molecular flexibility index (Phi) is 9.36. The molecular weight excluding hydrogens is 713 g/mol. The first-order chi connectivity index (χ1) is 26.0. The van der Waals surface area contributed by atoms with Crippen molar-refractivity contribution in [3.63, 3.8) is 0 Å². The molecule has 1 aromatic heterocycles. The van der Waals surface area contributed by atoms with E-state index in [0.717, 1.165) is 35.1 Å². The Morgan fingerprint density at radius 2 is 1.70 bits per heavy atom. The summed E-state index contributed by atoms with van der Waals surface area (Å²) in [5, 5.41) is 13.5. The van der Waals surface area contributed by atoms with Crippen LogP contribution in [-0.2, 0) is 29.2 Å². The van der Waals surface area contributed by atoms with Crippen LogP contribution in [0.15, 0.2) is 76.4 Å². The lowest BCUT2D eigenvalue weighted by Gasteiger charge is -2.29. The zero-order valence-electron chi connectivity index (χ0n) is 29.8. The van der Waals surface area contributed by atoms with Crippen molar-refractivity contribution in [2.24, 2.45) is 11.1 Å². The molecule has 282 valence electrons. The maximum atomic E-state index is 14.5. The number of sulfonamides is 1. The van der Waals surface area contributed by atoms with Gasteiger partial charge in [-0.3, -0.25) is 23.9 Å². The fourth-order valence-corrected chi connectivity index (χ4v) is 9.13. The zero-order chi connectivity index (χ0) is 37.6. The van der Waals surface area contributed by atoms with Gasteiger partial charge in [0.05, 0.1) is 11.8 Å². The lowest BCUT2D eigenvalue weighted by Crippen LogP contribution is -2.58. The molecule has 54 heavy (non-hydrogen) atoms. The van der Waals surface area contributed by atoms with E-state index in [1.54, 1.807) is 6.92 Å². The molecule has 0 spiro atoms. The van der Waals surface area contributed by atoms with Gasteiger partial charge < -0.3 is 24.9 Å². The van der Waals surface area contributed by atoms with Gasteiger partial charge in [0.25, 0.3) is 11.8 Å². The third-order valence-corrected chi connectivity index (χ3v) is 12.8. The van der Waals surface area contributed by atoms with Gasteiger partial charge in [-0.05, 0) is 56.6 Å². The first-order valence-corrected chi connectivity index (χ1v) is 20.1. The van der Waals surface area contributed by atoms with Crippen LogP contribution in [0, 0.1) is 12.8 Å². The highest BCUT2D eigenvalue weighted by atomic mass is 32.2. The molecule has 1 saturated heterocycles. The summed E-state index contributed by atoms with van der Waals surface area (Å²) in [7, 11) is -3.89. The van der Waals surface area contributed by atoms with Crippen LogP contribution in [0.5, 0.6) is 0 Å². The van der Waals surface area contributed by atoms with Crippen LogP contribution >= 0.6 is 0 Å². The van der Waals surface area contributed by atoms with Crippen LogP contribution in [0.25, 0.3) is 11.1 Å². The molecule has 2 unspecified atom stereocenters. The molecule has 0 radical (unpaired) electrons. The summed E-state index contributed by atoms with van der Waals surface area (Å²) in [6.45, 7) is 1.64. The van der Waals surface area contributed by atoms with Gasteiger partial charge in [-0.2, -0.15) is 0 Å². The third-order valence-electron chi connectivity index (χ3n) is 11.0. The van der Waals surface area contributed by atoms with E-state index >= 15 is 0 Å². The molecule has 14 nitrogen and oxygen atoms in total. The van der Waals surface area contributed by atoms with Crippen LogP contribution in [-0.4, -0.2) is 83.3 Å². The average Bonchev–Trinajstić information content (AvgIpc) is 4.01. The van der Waals surface area contributed by atoms with Crippen molar-refractivity contribution < 1.29 is 37.0 Å². The van der Waals surface area contributed by atoms with Gasteiger partial charge >= 0.3 is 0 Å². The first-order valence-electron chi connectivity index (χ1n) is 18.6. The Morgan fingerprint density at radius 1 is 1.00 bits per heavy atom. The number of amides is 4. The predicted octanol–water partition coefficient (Wildman–Crippen LogP) is 3.50. The van der Waals surface area contributed by atoms with Gasteiger partial charge in [0.2, 0.25) is 21.8 Å². The Bertz CT molecular complexity index is 2130. The predicted molar refractivity (Wildman–Crippen MR) is 196 cm³/mol. The van der Waals surface area contributed by atoms with Gasteiger partial charge in [-0.15, -0.1) is 0 Å². The van der Waals surface area contributed by atoms with Crippen LogP contribution in [0.3, 0.4) is 0 Å². The standard InChI is InChI=1S/C39H42N6O8S/c1-23-19-32(42-52-23)35(46)40-31-16-6-4-2-3-5-11-24-21-39(24,38(49)44-54(50,51)26-17-18-26)41-36(47)33-20-25(22-45(33)37(31)48)53-43-34-29-14-9-7-12-27(29)28-13-8-10-15-30(28)34/h5,7-15,19,24-26,31,33H,2-4,6,16-18,20-22H2,1H3,(H,40,46)(H,41,47)(H,44,49)/b11-5-/t24?,25-,31+,33+,39?/m1/s1. The second-order valence-electron chi connectivity index (χ2n) is 14.9. The number of fused-ring (bicyclic) bond motifs is 5. The highest BCUT2D eigenvalue weighted by Crippen LogP contribution is 2.46. The summed E-state index contributed by atoms with van der Waals surface area (Å²) in [6.07, 6.45) is 7.46. The molecule has 3 N–H and O–H groups in total. The molecule has 5 atom stereocenters. The van der Waals surface area contributed by atoms with Crippen LogP contribution in [0.4, 0.5) is 0 Å². The summed E-state index contributed by atoms with van der Waals surface area (Å²) in [6, 6.07) is 15.1. The van der Waals surface area contributed by atoms with E-state index in [2.05, 4.69) is 25.7 Å². The molecule has 4 amide bonds. The summed E-state index contributed by atoms with van der Waals surface area (Å²) in [5.74, 6) is -2.48. The number of oxime groups is 1. The molecule has 2 aliphatic heterocycles. The smallest absolute Gasteiger partial charge is 0.274 e. The number of carbonyl (C=O) groups excluding carboxylic acids is 4. The summed E-state index contributed by atoms with van der Waals surface area (Å²) >= 11 is 0. The van der Waals surface area contributed by atoms with E-state index in [0.29, 0.717) is 43.6 Å². The summed E-state index contributed by atoms with van der Waals surface area (Å²) in [5.41, 5.74) is 2.99. The van der Waals surface area contributed by atoms with E-state index in [9.17, 15) is 27.6 Å². The number of aromatic nitrogens is 1. The molecular formula is C39H42N6O8S. The van der Waals surface area contributed by atoms with Gasteiger partial charge in [-0.25, -0.2) is 8.42 Å². The summed E-state index contributed by atoms with van der Waals surface area (Å²) < 4.78 is 33.0. The minimum atomic E-state index is -3.89. The number of hydrogen-bond acceptors (Lipinski definition) is 10. The maximum absolute atomic E-state index is 14.5. The first kappa shape index (κ1) is 35.7. The molecule has 8 rings (SSSR count). The fourth-order valence-electron chi connectivity index (χ4n) is 7.76. The highest BCUT2D eigenvalue weighted by molar-refractivity contribution is 7.91. The largest absolute Gasteiger partial charge is 0.390 e. The van der Waals surface area contributed by atoms with Crippen molar-refractivity contribution in [2.75, 3.05) is 6.54 Å². The zero-order valence-corrected chi connectivity index (χ0v) is 30.6. The molecule has 5 aliphatic rings. The second-order valence-corrected chi connectivity index (χ2v) is 16.8. The van der Waals surface area contributed by atoms with Crippen LogP contribution in [0.2, 0.25) is 0 Å². The van der Waals surface area contributed by atoms with E-state index < -0.39 is 68.5 Å². The number of carbonyl (C=O) groups is 4. The number of nitrogens with zero attached hydrogens (tertiary/aromatic N) is 3. The Morgan fingerprint density at radius 3 is 2.37 bits per heavy atom. The molecule has 15 heteroatoms. The van der Waals surface area contributed by atoms with Gasteiger partial charge in [0.15, 0.2) is 5.69 Å². The van der Waals surface area contributed by atoms with Crippen LogP contribution < -0.4 is 15.4 Å². The molecule has 3 aliphatic carbocycles. The van der Waals surface area contributed by atoms with Crippen molar-refractivity contribution in [1.82, 2.24) is 25.4 Å². The number of nitrogens with one attached hydrogen (secondary N) is 3. The van der Waals surface area contributed by atoms with Gasteiger partial charge in [0.1, 0.15) is 35.2 Å². The number of benzene rings is 2. The second kappa shape index (κ2) is 14.2. The molecule has 3 heterocycles. The normalized spacial score (nSPS) is 27.2. The Labute approximate surface area is 312 Å². The topological polar surface area (TPSA) is 189 Å². The van der Waals surface area contributed by atoms with E-state index in [1.165, 1.54) is 11.0 Å². The van der Waals surface area contributed by atoms with E-state index in [-0.39, 0.29) is 25.1 Å². The molecule has 2 saturated carbocycles. The summed E-state index contributed by atoms with van der Waals surface area (Å²) in [4.78, 5) is 63.4. The molecule has 3 aromatic rings. The Balaban J connectivity index is 1.10. The SMILES string of the molecule is Cc1cc(C(=O)N[C@H]2CCCCC/C=C\C3CC3(C(=O)NS(=O)(=O)C3CC3)NC(=O)[C@@H]3C[C@@H](ON=C4c5ccccc5-c5ccccc54)CN3C2=O)no1. The average molecular weight is 755 g/mol. The number of hydrogen-bond donors (Lipinski definition) is 3. The molecule has 0 bridgehead atoms. The highest BCUT2D eigenvalue weighted by Gasteiger charge is 2.62. The third kappa shape index (κ3) is 6.92. The molecule has 2 aromatic carbocycles. The Hall–Kier alpha value is -5.31. The lowest BCUT2D eigenvalue weighted by atomic mass is 10.0. The quantitative estimate of drug-likeness (QED) is 0.187. The molecule has 3 fully saturated rings. The van der Waals surface area contributed by atoms with Crippen molar-refractivity contribution in [1.29, 1.82) is 0 Å². The van der Waals surface area contributed by atoms with Crippen molar-refractivity contribution >= 4 is 39.4 Å². The minimum Gasteiger partial charge on any atom is -0.390 e. The minimum absolute atomic E-state index is 0.0228. The maximum Gasteiger partial charge on any atom is 0.274 e. The van der Waals surface area contributed by atoms with E-state index in [1.807, 2.05) is 60.7 Å². The number of allylic oxidation sites excluding steroid dienone is 1. The fraction of sp³-hybridized carbons (Fsp3) is 0.436.